The van der Waals surface area contributed by atoms with Crippen LogP contribution in [-0.4, -0.2) is 45.1 Å². The molecule has 2 atom stereocenters. The van der Waals surface area contributed by atoms with Gasteiger partial charge in [0.05, 0.1) is 5.70 Å². The quantitative estimate of drug-likeness (QED) is 0.504. The second-order valence-electron chi connectivity index (χ2n) is 5.78. The molecule has 2 aliphatic heterocycles. The maximum Gasteiger partial charge on any atom is 0.293 e. The number of nitriles is 4. The largest absolute Gasteiger partial charge is 0.370 e. The van der Waals surface area contributed by atoms with Crippen molar-refractivity contribution in [2.24, 2.45) is 20.0 Å². The lowest BCUT2D eigenvalue weighted by molar-refractivity contribution is 0.695. The van der Waals surface area contributed by atoms with Gasteiger partial charge in [-0.15, -0.1) is 4.99 Å². The Hall–Kier alpha value is -5.56. The molecule has 0 amide bonds. The van der Waals surface area contributed by atoms with Crippen molar-refractivity contribution in [2.75, 3.05) is 0 Å². The molecule has 0 bridgehead atoms. The Morgan fingerprint density at radius 3 is 1.70 bits per heavy atom. The van der Waals surface area contributed by atoms with Crippen LogP contribution in [0.4, 0.5) is 0 Å². The Labute approximate surface area is 167 Å². The molecule has 0 saturated heterocycles. The average Bonchev–Trinajstić information content (AvgIpc) is 2.81. The standard InChI is InChI=1S/C18H2N12/c1-23-17-18(24-2)30-16-14-12(26-8(4-20)10(6-22)28-14)11-13(15(16)29-17)27-9(5-21)7(3-19)25-11/h13,15H. The van der Waals surface area contributed by atoms with Crippen LogP contribution < -0.4 is 10.7 Å². The van der Waals surface area contributed by atoms with Gasteiger partial charge in [0, 0.05) is 0 Å². The maximum absolute atomic E-state index is 9.32. The Kier molecular flexibility index (Phi) is 3.90. The molecule has 12 nitrogen and oxygen atoms in total. The van der Waals surface area contributed by atoms with Crippen molar-refractivity contribution in [1.29, 1.82) is 21.0 Å². The van der Waals surface area contributed by atoms with Crippen LogP contribution in [0.1, 0.15) is 11.4 Å². The van der Waals surface area contributed by atoms with Gasteiger partial charge >= 0.3 is 0 Å². The van der Waals surface area contributed by atoms with E-state index >= 15 is 0 Å². The Bertz CT molecular complexity index is 1440. The summed E-state index contributed by atoms with van der Waals surface area (Å²) in [6, 6.07) is 5.18. The van der Waals surface area contributed by atoms with Crippen molar-refractivity contribution in [1.82, 2.24) is 9.97 Å². The van der Waals surface area contributed by atoms with E-state index in [4.69, 9.17) is 13.1 Å². The third-order valence-electron chi connectivity index (χ3n) is 4.29. The van der Waals surface area contributed by atoms with Crippen LogP contribution in [0.15, 0.2) is 20.0 Å². The van der Waals surface area contributed by atoms with Gasteiger partial charge in [-0.1, -0.05) is 13.1 Å². The van der Waals surface area contributed by atoms with E-state index in [0.29, 0.717) is 0 Å². The Morgan fingerprint density at radius 2 is 1.20 bits per heavy atom. The van der Waals surface area contributed by atoms with Crippen molar-refractivity contribution in [3.8, 4) is 24.3 Å². The summed E-state index contributed by atoms with van der Waals surface area (Å²) in [6.45, 7) is 14.5. The molecule has 12 heteroatoms. The third-order valence-corrected chi connectivity index (χ3v) is 4.29. The molecule has 30 heavy (non-hydrogen) atoms. The van der Waals surface area contributed by atoms with Crippen LogP contribution >= 0.6 is 0 Å². The fourth-order valence-electron chi connectivity index (χ4n) is 3.07. The summed E-state index contributed by atoms with van der Waals surface area (Å²) in [5.74, 6) is -0.510. The molecule has 134 valence electrons. The normalized spacial score (nSPS) is 20.5. The second kappa shape index (κ2) is 6.55. The van der Waals surface area contributed by atoms with E-state index in [1.54, 1.807) is 24.3 Å². The highest BCUT2D eigenvalue weighted by Crippen LogP contribution is 2.30. The van der Waals surface area contributed by atoms with Crippen molar-refractivity contribution >= 4 is 34.5 Å². The van der Waals surface area contributed by atoms with Gasteiger partial charge in [0.2, 0.25) is 11.7 Å². The van der Waals surface area contributed by atoms with Crippen LogP contribution in [0.3, 0.4) is 0 Å². The lowest BCUT2D eigenvalue weighted by Gasteiger charge is -2.25. The van der Waals surface area contributed by atoms with Crippen molar-refractivity contribution < 1.29 is 0 Å². The van der Waals surface area contributed by atoms with E-state index in [-0.39, 0.29) is 56.6 Å². The summed E-state index contributed by atoms with van der Waals surface area (Å²) in [7, 11) is 0. The zero-order chi connectivity index (χ0) is 21.4. The number of aromatic nitrogens is 2. The lowest BCUT2D eigenvalue weighted by Crippen LogP contribution is -2.50. The van der Waals surface area contributed by atoms with Crippen LogP contribution in [0.5, 0.6) is 0 Å². The van der Waals surface area contributed by atoms with Crippen molar-refractivity contribution in [2.45, 2.75) is 12.1 Å². The minimum absolute atomic E-state index is 0.0461. The topological polar surface area (TPSA) is 179 Å². The summed E-state index contributed by atoms with van der Waals surface area (Å²) in [5.41, 5.74) is -0.780. The van der Waals surface area contributed by atoms with E-state index in [1.165, 1.54) is 0 Å². The molecule has 0 N–H and O–H groups in total. The fraction of sp³-hybridized carbons (Fsp3) is 0.111. The highest BCUT2D eigenvalue weighted by molar-refractivity contribution is 6.54. The molecule has 4 rings (SSSR count). The molecule has 0 saturated carbocycles. The minimum Gasteiger partial charge on any atom is -0.370 e. The first-order valence-corrected chi connectivity index (χ1v) is 7.95. The Morgan fingerprint density at radius 1 is 0.667 bits per heavy atom. The smallest absolute Gasteiger partial charge is 0.293 e. The van der Waals surface area contributed by atoms with E-state index in [9.17, 15) is 21.0 Å². The summed E-state index contributed by atoms with van der Waals surface area (Å²) < 4.78 is 0. The van der Waals surface area contributed by atoms with Crippen LogP contribution in [-0.2, 0) is 0 Å². The molecule has 1 aromatic rings. The van der Waals surface area contributed by atoms with Gasteiger partial charge < -0.3 is 9.69 Å². The molecule has 3 aliphatic rings. The van der Waals surface area contributed by atoms with Crippen molar-refractivity contribution in [3.63, 3.8) is 0 Å². The maximum atomic E-state index is 9.32. The first-order chi connectivity index (χ1) is 14.6. The summed E-state index contributed by atoms with van der Waals surface area (Å²) >= 11 is 0. The van der Waals surface area contributed by atoms with Gasteiger partial charge in [0.25, 0.3) is 11.7 Å². The average molecular weight is 386 g/mol. The molecule has 0 aromatic carbocycles. The minimum atomic E-state index is -0.971. The number of fused-ring (bicyclic) bond motifs is 4. The zero-order valence-corrected chi connectivity index (χ0v) is 14.5. The molecule has 1 aromatic heterocycles. The Balaban J connectivity index is 2.23. The van der Waals surface area contributed by atoms with Gasteiger partial charge in [0.1, 0.15) is 41.0 Å². The first kappa shape index (κ1) is 17.8. The molecule has 0 fully saturated rings. The monoisotopic (exact) mass is 386 g/mol. The van der Waals surface area contributed by atoms with E-state index in [2.05, 4.69) is 39.6 Å². The predicted molar refractivity (Wildman–Crippen MR) is 99.3 cm³/mol. The van der Waals surface area contributed by atoms with Crippen LogP contribution in [0.25, 0.3) is 21.1 Å². The zero-order valence-electron chi connectivity index (χ0n) is 14.5. The SMILES string of the molecule is [C-]#[N+]C1=NC2=c3nc(C#N)c(C#N)nc3=C3N=C(C#N)C(C#N)=NC3C2N=C1[N+]#[C-]. The number of rotatable bonds is 0. The number of amidine groups is 2. The molecule has 2 unspecified atom stereocenters. The molecular formula is C18H2N12. The summed E-state index contributed by atoms with van der Waals surface area (Å²) in [4.78, 5) is 31.6. The lowest BCUT2D eigenvalue weighted by atomic mass is 9.94. The number of hydrogen-bond acceptors (Lipinski definition) is 10. The van der Waals surface area contributed by atoms with E-state index < -0.39 is 12.1 Å². The third kappa shape index (κ3) is 2.34. The summed E-state index contributed by atoms with van der Waals surface area (Å²) in [5, 5.41) is 37.3. The highest BCUT2D eigenvalue weighted by Gasteiger charge is 2.45. The first-order valence-electron chi connectivity index (χ1n) is 7.95. The van der Waals surface area contributed by atoms with Crippen molar-refractivity contribution in [3.05, 3.63) is 44.9 Å². The van der Waals surface area contributed by atoms with Crippen LogP contribution in [0.2, 0.25) is 0 Å². The van der Waals surface area contributed by atoms with E-state index in [0.717, 1.165) is 0 Å². The predicted octanol–water partition coefficient (Wildman–Crippen LogP) is -1.22. The molecule has 1 aliphatic carbocycles. The molecule has 0 radical (unpaired) electrons. The number of nitrogens with zero attached hydrogens (tertiary/aromatic N) is 12. The second-order valence-corrected chi connectivity index (χ2v) is 5.78. The molecule has 3 heterocycles. The number of aliphatic imine (C=N–C) groups is 4. The van der Waals surface area contributed by atoms with Gasteiger partial charge in [-0.3, -0.25) is 4.99 Å². The van der Waals surface area contributed by atoms with Gasteiger partial charge in [-0.2, -0.15) is 26.0 Å². The van der Waals surface area contributed by atoms with Gasteiger partial charge in [-0.05, 0) is 0 Å². The summed E-state index contributed by atoms with van der Waals surface area (Å²) in [6.07, 6.45) is 0. The van der Waals surface area contributed by atoms with Gasteiger partial charge in [-0.25, -0.2) is 15.0 Å². The highest BCUT2D eigenvalue weighted by atomic mass is 15.1. The molecule has 0 spiro atoms. The van der Waals surface area contributed by atoms with Crippen LogP contribution in [0, 0.1) is 58.5 Å². The molecular weight excluding hydrogens is 384 g/mol. The van der Waals surface area contributed by atoms with Gasteiger partial charge in [0.15, 0.2) is 22.8 Å². The number of hydrogen-bond donors (Lipinski definition) is 0. The van der Waals surface area contributed by atoms with E-state index in [1.807, 2.05) is 0 Å². The fourth-order valence-corrected chi connectivity index (χ4v) is 3.07.